The van der Waals surface area contributed by atoms with E-state index in [2.05, 4.69) is 5.32 Å². The Bertz CT molecular complexity index is 1330. The van der Waals surface area contributed by atoms with Gasteiger partial charge in [-0.1, -0.05) is 41.9 Å². The maximum absolute atomic E-state index is 13.8. The summed E-state index contributed by atoms with van der Waals surface area (Å²) in [5, 5.41) is 2.20. The topological polar surface area (TPSA) is 75.7 Å². The molecule has 0 radical (unpaired) electrons. The molecule has 0 saturated carbocycles. The number of ether oxygens (including phenoxy) is 1. The zero-order chi connectivity index (χ0) is 24.9. The molecular formula is C25H17ClF2N2O4S. The molecule has 3 aromatic carbocycles. The van der Waals surface area contributed by atoms with Gasteiger partial charge in [0.2, 0.25) is 5.91 Å². The number of halogens is 3. The van der Waals surface area contributed by atoms with Gasteiger partial charge in [0.1, 0.15) is 30.5 Å². The summed E-state index contributed by atoms with van der Waals surface area (Å²) in [6.07, 6.45) is 1.51. The van der Waals surface area contributed by atoms with E-state index in [-0.39, 0.29) is 17.2 Å². The second-order valence-electron chi connectivity index (χ2n) is 7.39. The average molecular weight is 515 g/mol. The van der Waals surface area contributed by atoms with Crippen LogP contribution in [-0.4, -0.2) is 28.5 Å². The van der Waals surface area contributed by atoms with Crippen LogP contribution in [0.3, 0.4) is 0 Å². The van der Waals surface area contributed by atoms with Crippen molar-refractivity contribution in [1.82, 2.24) is 4.90 Å². The smallest absolute Gasteiger partial charge is 0.294 e. The van der Waals surface area contributed by atoms with Gasteiger partial charge in [0.15, 0.2) is 0 Å². The minimum Gasteiger partial charge on any atom is -0.488 e. The van der Waals surface area contributed by atoms with Crippen molar-refractivity contribution >= 4 is 52.2 Å². The lowest BCUT2D eigenvalue weighted by Crippen LogP contribution is -2.36. The molecular weight excluding hydrogens is 498 g/mol. The van der Waals surface area contributed by atoms with Crippen molar-refractivity contribution in [3.63, 3.8) is 0 Å². The highest BCUT2D eigenvalue weighted by Crippen LogP contribution is 2.34. The highest BCUT2D eigenvalue weighted by Gasteiger charge is 2.36. The maximum Gasteiger partial charge on any atom is 0.294 e. The molecule has 0 spiro atoms. The van der Waals surface area contributed by atoms with Gasteiger partial charge in [0.05, 0.1) is 10.6 Å². The first-order valence-corrected chi connectivity index (χ1v) is 11.5. The quantitative estimate of drug-likeness (QED) is 0.399. The van der Waals surface area contributed by atoms with Crippen LogP contribution >= 0.6 is 23.4 Å². The van der Waals surface area contributed by atoms with E-state index in [0.29, 0.717) is 34.2 Å². The van der Waals surface area contributed by atoms with Gasteiger partial charge >= 0.3 is 0 Å². The van der Waals surface area contributed by atoms with Gasteiger partial charge in [-0.25, -0.2) is 8.78 Å². The molecule has 6 nitrogen and oxygen atoms in total. The third-order valence-corrected chi connectivity index (χ3v) is 6.05. The van der Waals surface area contributed by atoms with Crippen LogP contribution in [0.4, 0.5) is 19.3 Å². The number of carbonyl (C=O) groups excluding carboxylic acids is 3. The zero-order valence-corrected chi connectivity index (χ0v) is 19.5. The van der Waals surface area contributed by atoms with Gasteiger partial charge in [-0.05, 0) is 53.7 Å². The number of imide groups is 1. The lowest BCUT2D eigenvalue weighted by Gasteiger charge is -2.13. The Morgan fingerprint density at radius 2 is 1.80 bits per heavy atom. The van der Waals surface area contributed by atoms with Crippen LogP contribution in [0.25, 0.3) is 6.08 Å². The Morgan fingerprint density at radius 3 is 2.54 bits per heavy atom. The van der Waals surface area contributed by atoms with E-state index < -0.39 is 35.2 Å². The fraction of sp³-hybridized carbons (Fsp3) is 0.0800. The third kappa shape index (κ3) is 6.06. The number of hydrogen-bond acceptors (Lipinski definition) is 5. The van der Waals surface area contributed by atoms with Gasteiger partial charge in [-0.15, -0.1) is 0 Å². The summed E-state index contributed by atoms with van der Waals surface area (Å²) in [4.78, 5) is 38.3. The number of para-hydroxylation sites is 1. The van der Waals surface area contributed by atoms with Crippen LogP contribution in [0.15, 0.2) is 71.6 Å². The summed E-state index contributed by atoms with van der Waals surface area (Å²) in [7, 11) is 0. The van der Waals surface area contributed by atoms with Crippen molar-refractivity contribution in [2.24, 2.45) is 0 Å². The Labute approximate surface area is 208 Å². The van der Waals surface area contributed by atoms with Crippen molar-refractivity contribution in [3.8, 4) is 5.75 Å². The molecule has 4 rings (SSSR count). The van der Waals surface area contributed by atoms with Crippen LogP contribution in [0.5, 0.6) is 5.75 Å². The zero-order valence-electron chi connectivity index (χ0n) is 18.0. The molecule has 3 aromatic rings. The number of thioether (sulfide) groups is 1. The molecule has 0 aromatic heterocycles. The molecule has 1 N–H and O–H groups in total. The summed E-state index contributed by atoms with van der Waals surface area (Å²) >= 11 is 6.58. The number of rotatable bonds is 7. The minimum atomic E-state index is -0.970. The summed E-state index contributed by atoms with van der Waals surface area (Å²) in [5.41, 5.74) is 1.21. The molecule has 3 amide bonds. The molecule has 1 saturated heterocycles. The van der Waals surface area contributed by atoms with E-state index in [1.807, 2.05) is 12.1 Å². The van der Waals surface area contributed by atoms with Crippen molar-refractivity contribution in [2.45, 2.75) is 6.61 Å². The maximum atomic E-state index is 13.8. The molecule has 0 unspecified atom stereocenters. The molecule has 1 aliphatic heterocycles. The standard InChI is InChI=1S/C25H17ClF2N2O4S/c26-17-7-5-15(6-8-17)14-34-21-4-2-1-3-16(21)11-22-24(32)30(25(33)35-22)13-23(31)29-20-10-9-18(27)12-19(20)28/h1-12H,13-14H2,(H,29,31)/b22-11+. The van der Waals surface area contributed by atoms with Gasteiger partial charge in [0, 0.05) is 16.7 Å². The molecule has 35 heavy (non-hydrogen) atoms. The summed E-state index contributed by atoms with van der Waals surface area (Å²) < 4.78 is 32.7. The van der Waals surface area contributed by atoms with E-state index in [1.54, 1.807) is 36.4 Å². The fourth-order valence-corrected chi connectivity index (χ4v) is 4.13. The SMILES string of the molecule is O=C(CN1C(=O)S/C(=C/c2ccccc2OCc2ccc(Cl)cc2)C1=O)Nc1ccc(F)cc1F. The molecule has 178 valence electrons. The first-order chi connectivity index (χ1) is 16.8. The number of amides is 3. The Kier molecular flexibility index (Phi) is 7.48. The van der Waals surface area contributed by atoms with Crippen LogP contribution < -0.4 is 10.1 Å². The molecule has 1 aliphatic rings. The van der Waals surface area contributed by atoms with Gasteiger partial charge < -0.3 is 10.1 Å². The number of carbonyl (C=O) groups is 3. The second kappa shape index (κ2) is 10.7. The van der Waals surface area contributed by atoms with E-state index >= 15 is 0 Å². The number of benzene rings is 3. The lowest BCUT2D eigenvalue weighted by molar-refractivity contribution is -0.127. The highest BCUT2D eigenvalue weighted by molar-refractivity contribution is 8.18. The van der Waals surface area contributed by atoms with Crippen LogP contribution in [-0.2, 0) is 16.2 Å². The van der Waals surface area contributed by atoms with E-state index in [0.717, 1.165) is 22.6 Å². The average Bonchev–Trinajstić information content (AvgIpc) is 3.08. The number of nitrogens with one attached hydrogen (secondary N) is 1. The van der Waals surface area contributed by atoms with Crippen molar-refractivity contribution in [2.75, 3.05) is 11.9 Å². The van der Waals surface area contributed by atoms with Crippen LogP contribution in [0, 0.1) is 11.6 Å². The number of hydrogen-bond donors (Lipinski definition) is 1. The predicted octanol–water partition coefficient (Wildman–Crippen LogP) is 5.87. The van der Waals surface area contributed by atoms with Crippen molar-refractivity contribution in [3.05, 3.63) is 99.4 Å². The molecule has 1 fully saturated rings. The monoisotopic (exact) mass is 514 g/mol. The third-order valence-electron chi connectivity index (χ3n) is 4.89. The summed E-state index contributed by atoms with van der Waals surface area (Å²) in [5.74, 6) is -2.73. The molecule has 0 bridgehead atoms. The molecule has 1 heterocycles. The minimum absolute atomic E-state index is 0.110. The number of anilines is 1. The molecule has 0 atom stereocenters. The van der Waals surface area contributed by atoms with Crippen molar-refractivity contribution < 1.29 is 27.9 Å². The van der Waals surface area contributed by atoms with Crippen LogP contribution in [0.1, 0.15) is 11.1 Å². The summed E-state index contributed by atoms with van der Waals surface area (Å²) in [6, 6.07) is 16.8. The predicted molar refractivity (Wildman–Crippen MR) is 130 cm³/mol. The molecule has 0 aliphatic carbocycles. The first kappa shape index (κ1) is 24.4. The Morgan fingerprint density at radius 1 is 1.06 bits per heavy atom. The highest BCUT2D eigenvalue weighted by atomic mass is 35.5. The van der Waals surface area contributed by atoms with Gasteiger partial charge in [-0.2, -0.15) is 0 Å². The number of nitrogens with zero attached hydrogens (tertiary/aromatic N) is 1. The largest absolute Gasteiger partial charge is 0.488 e. The summed E-state index contributed by atoms with van der Waals surface area (Å²) in [6.45, 7) is -0.350. The fourth-order valence-electron chi connectivity index (χ4n) is 3.17. The normalized spacial score (nSPS) is 14.5. The van der Waals surface area contributed by atoms with E-state index in [1.165, 1.54) is 6.08 Å². The Hall–Kier alpha value is -3.69. The second-order valence-corrected chi connectivity index (χ2v) is 8.82. The Balaban J connectivity index is 1.44. The van der Waals surface area contributed by atoms with Crippen molar-refractivity contribution in [1.29, 1.82) is 0 Å². The van der Waals surface area contributed by atoms with E-state index in [4.69, 9.17) is 16.3 Å². The lowest BCUT2D eigenvalue weighted by atomic mass is 10.1. The first-order valence-electron chi connectivity index (χ1n) is 10.3. The van der Waals surface area contributed by atoms with Crippen LogP contribution in [0.2, 0.25) is 5.02 Å². The van der Waals surface area contributed by atoms with E-state index in [9.17, 15) is 23.2 Å². The molecule has 10 heteroatoms. The van der Waals surface area contributed by atoms with Gasteiger partial charge in [-0.3, -0.25) is 19.3 Å². The van der Waals surface area contributed by atoms with Gasteiger partial charge in [0.25, 0.3) is 11.1 Å².